The average molecular weight is 369 g/mol. The van der Waals surface area contributed by atoms with Gasteiger partial charge in [-0.2, -0.15) is 0 Å². The molecule has 3 atom stereocenters. The third kappa shape index (κ3) is 3.19. The van der Waals surface area contributed by atoms with Crippen molar-refractivity contribution < 1.29 is 9.53 Å². The van der Waals surface area contributed by atoms with Gasteiger partial charge in [0.25, 0.3) is 0 Å². The summed E-state index contributed by atoms with van der Waals surface area (Å²) in [6.45, 7) is 5.69. The van der Waals surface area contributed by atoms with E-state index in [0.717, 1.165) is 23.7 Å². The molecule has 0 spiro atoms. The molecule has 0 saturated carbocycles. The molecule has 7 heteroatoms. The smallest absolute Gasteiger partial charge is 0.410 e. The van der Waals surface area contributed by atoms with Crippen LogP contribution in [0.5, 0.6) is 0 Å². The number of nitrogens with zero attached hydrogens (tertiary/aromatic N) is 3. The van der Waals surface area contributed by atoms with Gasteiger partial charge in [-0.15, -0.1) is 0 Å². The number of ether oxygens (including phenoxy) is 1. The second-order valence-corrected chi connectivity index (χ2v) is 7.81. The molecule has 1 aromatic rings. The second kappa shape index (κ2) is 5.68. The highest BCUT2D eigenvalue weighted by molar-refractivity contribution is 9.10. The van der Waals surface area contributed by atoms with E-state index in [1.807, 2.05) is 25.7 Å². The molecule has 0 unspecified atom stereocenters. The van der Waals surface area contributed by atoms with Crippen molar-refractivity contribution in [1.29, 1.82) is 0 Å². The van der Waals surface area contributed by atoms with E-state index in [0.29, 0.717) is 5.95 Å². The Balaban J connectivity index is 1.67. The van der Waals surface area contributed by atoms with Crippen LogP contribution in [0.2, 0.25) is 0 Å². The van der Waals surface area contributed by atoms with Crippen molar-refractivity contribution in [1.82, 2.24) is 14.9 Å². The third-order valence-electron chi connectivity index (χ3n) is 4.08. The molecule has 0 aliphatic carbocycles. The Morgan fingerprint density at radius 2 is 2.05 bits per heavy atom. The highest BCUT2D eigenvalue weighted by Gasteiger charge is 2.50. The van der Waals surface area contributed by atoms with E-state index in [4.69, 9.17) is 4.74 Å². The summed E-state index contributed by atoms with van der Waals surface area (Å²) in [5, 5.41) is 3.35. The number of fused-ring (bicyclic) bond motifs is 2. The molecule has 1 N–H and O–H groups in total. The van der Waals surface area contributed by atoms with Gasteiger partial charge in [-0.1, -0.05) is 0 Å². The van der Waals surface area contributed by atoms with E-state index >= 15 is 0 Å². The normalized spacial score (nSPS) is 27.1. The van der Waals surface area contributed by atoms with Gasteiger partial charge in [-0.25, -0.2) is 14.8 Å². The molecule has 2 aliphatic heterocycles. The van der Waals surface area contributed by atoms with E-state index in [9.17, 15) is 4.79 Å². The standard InChI is InChI=1S/C15H21BrN4O2/c1-15(2,3)22-14(21)20-10-4-5-12(20)11(6-10)19-13-17-7-9(16)8-18-13/h7-8,10-12H,4-6H2,1-3H3,(H,17,18,19)/t10-,11-,12+/m1/s1. The first kappa shape index (κ1) is 15.5. The molecule has 2 bridgehead atoms. The number of carbonyl (C=O) groups excluding carboxylic acids is 1. The number of amides is 1. The Morgan fingerprint density at radius 3 is 2.68 bits per heavy atom. The Bertz CT molecular complexity index is 558. The van der Waals surface area contributed by atoms with Crippen molar-refractivity contribution >= 4 is 28.0 Å². The van der Waals surface area contributed by atoms with Crippen LogP contribution < -0.4 is 5.32 Å². The summed E-state index contributed by atoms with van der Waals surface area (Å²) in [7, 11) is 0. The lowest BCUT2D eigenvalue weighted by Crippen LogP contribution is -2.42. The molecule has 1 aromatic heterocycles. The molecule has 2 fully saturated rings. The first-order valence-corrected chi connectivity index (χ1v) is 8.38. The van der Waals surface area contributed by atoms with Gasteiger partial charge < -0.3 is 15.0 Å². The molecule has 0 aromatic carbocycles. The van der Waals surface area contributed by atoms with Crippen LogP contribution in [0, 0.1) is 0 Å². The van der Waals surface area contributed by atoms with Crippen LogP contribution >= 0.6 is 15.9 Å². The molecule has 2 aliphatic rings. The van der Waals surface area contributed by atoms with E-state index in [1.165, 1.54) is 0 Å². The number of rotatable bonds is 2. The minimum absolute atomic E-state index is 0.159. The number of nitrogens with one attached hydrogen (secondary N) is 1. The number of halogens is 1. The maximum Gasteiger partial charge on any atom is 0.410 e. The predicted molar refractivity (Wildman–Crippen MR) is 86.6 cm³/mol. The Morgan fingerprint density at radius 1 is 1.36 bits per heavy atom. The number of hydrogen-bond acceptors (Lipinski definition) is 5. The number of aromatic nitrogens is 2. The lowest BCUT2D eigenvalue weighted by atomic mass is 9.96. The molecular formula is C15H21BrN4O2. The summed E-state index contributed by atoms with van der Waals surface area (Å²) in [5.74, 6) is 0.602. The van der Waals surface area contributed by atoms with Crippen molar-refractivity contribution in [3.63, 3.8) is 0 Å². The Kier molecular flexibility index (Phi) is 4.01. The Labute approximate surface area is 138 Å². The number of anilines is 1. The lowest BCUT2D eigenvalue weighted by molar-refractivity contribution is 0.0214. The maximum absolute atomic E-state index is 12.4. The van der Waals surface area contributed by atoms with Crippen LogP contribution in [0.1, 0.15) is 40.0 Å². The first-order valence-electron chi connectivity index (χ1n) is 7.59. The van der Waals surface area contributed by atoms with Gasteiger partial charge in [0.2, 0.25) is 5.95 Å². The van der Waals surface area contributed by atoms with Gasteiger partial charge in [0.15, 0.2) is 0 Å². The summed E-state index contributed by atoms with van der Waals surface area (Å²) in [4.78, 5) is 22.8. The van der Waals surface area contributed by atoms with E-state index in [2.05, 4.69) is 31.2 Å². The number of hydrogen-bond donors (Lipinski definition) is 1. The summed E-state index contributed by atoms with van der Waals surface area (Å²) in [5.41, 5.74) is -0.461. The summed E-state index contributed by atoms with van der Waals surface area (Å²) < 4.78 is 6.39. The molecular weight excluding hydrogens is 348 g/mol. The fraction of sp³-hybridized carbons (Fsp3) is 0.667. The average Bonchev–Trinajstić information content (AvgIpc) is 2.97. The molecule has 3 rings (SSSR count). The predicted octanol–water partition coefficient (Wildman–Crippen LogP) is 3.19. The van der Waals surface area contributed by atoms with E-state index in [-0.39, 0.29) is 24.2 Å². The molecule has 2 saturated heterocycles. The minimum Gasteiger partial charge on any atom is -0.444 e. The van der Waals surface area contributed by atoms with Crippen LogP contribution in [0.25, 0.3) is 0 Å². The third-order valence-corrected chi connectivity index (χ3v) is 4.49. The zero-order valence-corrected chi connectivity index (χ0v) is 14.6. The monoisotopic (exact) mass is 368 g/mol. The minimum atomic E-state index is -0.461. The molecule has 3 heterocycles. The quantitative estimate of drug-likeness (QED) is 0.867. The highest BCUT2D eigenvalue weighted by Crippen LogP contribution is 2.39. The molecule has 1 amide bonds. The van der Waals surface area contributed by atoms with Crippen LogP contribution in [-0.2, 0) is 4.74 Å². The molecule has 22 heavy (non-hydrogen) atoms. The van der Waals surface area contributed by atoms with Crippen molar-refractivity contribution in [3.05, 3.63) is 16.9 Å². The van der Waals surface area contributed by atoms with Crippen LogP contribution in [0.4, 0.5) is 10.7 Å². The largest absolute Gasteiger partial charge is 0.444 e. The SMILES string of the molecule is CC(C)(C)OC(=O)N1[C@@H]2CC[C@H]1[C@H](Nc1ncc(Br)cn1)C2. The van der Waals surface area contributed by atoms with Gasteiger partial charge in [0, 0.05) is 18.4 Å². The van der Waals surface area contributed by atoms with Gasteiger partial charge in [0.1, 0.15) is 5.60 Å². The van der Waals surface area contributed by atoms with E-state index < -0.39 is 5.60 Å². The van der Waals surface area contributed by atoms with Gasteiger partial charge in [-0.05, 0) is 56.0 Å². The molecule has 120 valence electrons. The maximum atomic E-state index is 12.4. The van der Waals surface area contributed by atoms with Gasteiger partial charge in [-0.3, -0.25) is 0 Å². The Hall–Kier alpha value is -1.37. The second-order valence-electron chi connectivity index (χ2n) is 6.90. The molecule has 0 radical (unpaired) electrons. The van der Waals surface area contributed by atoms with Crippen LogP contribution in [0.3, 0.4) is 0 Å². The van der Waals surface area contributed by atoms with E-state index in [1.54, 1.807) is 12.4 Å². The van der Waals surface area contributed by atoms with Crippen molar-refractivity contribution in [2.45, 2.75) is 63.8 Å². The lowest BCUT2D eigenvalue weighted by Gasteiger charge is -2.28. The summed E-state index contributed by atoms with van der Waals surface area (Å²) in [6.07, 6.45) is 6.19. The fourth-order valence-corrected chi connectivity index (χ4v) is 3.50. The highest BCUT2D eigenvalue weighted by atomic mass is 79.9. The van der Waals surface area contributed by atoms with Gasteiger partial charge >= 0.3 is 6.09 Å². The fourth-order valence-electron chi connectivity index (χ4n) is 3.30. The van der Waals surface area contributed by atoms with Crippen molar-refractivity contribution in [3.8, 4) is 0 Å². The van der Waals surface area contributed by atoms with Crippen LogP contribution in [-0.4, -0.2) is 44.7 Å². The van der Waals surface area contributed by atoms with Crippen molar-refractivity contribution in [2.75, 3.05) is 5.32 Å². The van der Waals surface area contributed by atoms with Gasteiger partial charge in [0.05, 0.1) is 16.6 Å². The zero-order valence-electron chi connectivity index (χ0n) is 13.0. The van der Waals surface area contributed by atoms with Crippen LogP contribution in [0.15, 0.2) is 16.9 Å². The van der Waals surface area contributed by atoms with Crippen molar-refractivity contribution in [2.24, 2.45) is 0 Å². The number of carbonyl (C=O) groups is 1. The summed E-state index contributed by atoms with van der Waals surface area (Å²) in [6, 6.07) is 0.604. The zero-order chi connectivity index (χ0) is 15.9. The summed E-state index contributed by atoms with van der Waals surface area (Å²) >= 11 is 3.33. The first-order chi connectivity index (χ1) is 10.3. The topological polar surface area (TPSA) is 67.3 Å². The molecule has 6 nitrogen and oxygen atoms in total.